The first-order valence-electron chi connectivity index (χ1n) is 10.4. The summed E-state index contributed by atoms with van der Waals surface area (Å²) in [6.45, 7) is 4.33. The van der Waals surface area contributed by atoms with Crippen molar-refractivity contribution >= 4 is 32.6 Å². The van der Waals surface area contributed by atoms with Gasteiger partial charge in [-0.1, -0.05) is 17.4 Å². The van der Waals surface area contributed by atoms with Gasteiger partial charge < -0.3 is 18.9 Å². The molecule has 0 bridgehead atoms. The average Bonchev–Trinajstić information content (AvgIpc) is 3.26. The summed E-state index contributed by atoms with van der Waals surface area (Å²) in [6, 6.07) is 11.1. The molecule has 0 aliphatic carbocycles. The van der Waals surface area contributed by atoms with E-state index in [0.717, 1.165) is 35.6 Å². The largest absolute Gasteiger partial charge is 0.497 e. The lowest BCUT2D eigenvalue weighted by Crippen LogP contribution is -2.43. The lowest BCUT2D eigenvalue weighted by atomic mass is 10.1. The first-order valence-corrected chi connectivity index (χ1v) is 11.2. The highest BCUT2D eigenvalue weighted by atomic mass is 32.1. The van der Waals surface area contributed by atoms with E-state index in [2.05, 4.69) is 4.90 Å². The van der Waals surface area contributed by atoms with Gasteiger partial charge in [-0.3, -0.25) is 14.6 Å². The molecule has 9 heteroatoms. The van der Waals surface area contributed by atoms with Gasteiger partial charge in [0.05, 0.1) is 50.3 Å². The molecule has 8 nitrogen and oxygen atoms in total. The molecule has 1 aliphatic heterocycles. The normalized spacial score (nSPS) is 14.3. The number of hydrogen-bond acceptors (Lipinski definition) is 8. The van der Waals surface area contributed by atoms with Crippen LogP contribution >= 0.6 is 11.3 Å². The number of thiazole rings is 1. The van der Waals surface area contributed by atoms with Crippen LogP contribution in [0.25, 0.3) is 10.2 Å². The molecule has 2 aromatic carbocycles. The van der Waals surface area contributed by atoms with Crippen molar-refractivity contribution in [1.29, 1.82) is 0 Å². The van der Waals surface area contributed by atoms with Crippen LogP contribution in [-0.4, -0.2) is 76.5 Å². The molecule has 1 amide bonds. The van der Waals surface area contributed by atoms with Crippen molar-refractivity contribution in [3.05, 3.63) is 42.0 Å². The first-order chi connectivity index (χ1) is 15.6. The molecule has 32 heavy (non-hydrogen) atoms. The fourth-order valence-corrected chi connectivity index (χ4v) is 4.66. The molecule has 1 aromatic heterocycles. The van der Waals surface area contributed by atoms with Crippen LogP contribution in [0.2, 0.25) is 0 Å². The van der Waals surface area contributed by atoms with E-state index in [1.54, 1.807) is 37.3 Å². The monoisotopic (exact) mass is 457 g/mol. The number of carbonyl (C=O) groups excluding carboxylic acids is 1. The number of para-hydroxylation sites is 1. The number of morpholine rings is 1. The fraction of sp³-hybridized carbons (Fsp3) is 0.391. The van der Waals surface area contributed by atoms with Crippen molar-refractivity contribution in [3.63, 3.8) is 0 Å². The predicted molar refractivity (Wildman–Crippen MR) is 125 cm³/mol. The van der Waals surface area contributed by atoms with Crippen molar-refractivity contribution in [1.82, 2.24) is 9.88 Å². The van der Waals surface area contributed by atoms with Gasteiger partial charge >= 0.3 is 0 Å². The third-order valence-electron chi connectivity index (χ3n) is 5.44. The van der Waals surface area contributed by atoms with Crippen LogP contribution in [0.5, 0.6) is 17.2 Å². The van der Waals surface area contributed by atoms with Gasteiger partial charge in [-0.15, -0.1) is 0 Å². The van der Waals surface area contributed by atoms with Crippen molar-refractivity contribution in [3.8, 4) is 17.2 Å². The fourth-order valence-electron chi connectivity index (χ4n) is 3.69. The second kappa shape index (κ2) is 10.2. The van der Waals surface area contributed by atoms with E-state index in [-0.39, 0.29) is 5.91 Å². The number of ether oxygens (including phenoxy) is 4. The summed E-state index contributed by atoms with van der Waals surface area (Å²) in [5.41, 5.74) is 1.23. The van der Waals surface area contributed by atoms with Gasteiger partial charge in [0.25, 0.3) is 5.91 Å². The van der Waals surface area contributed by atoms with Crippen molar-refractivity contribution < 1.29 is 23.7 Å². The van der Waals surface area contributed by atoms with Crippen molar-refractivity contribution in [2.75, 3.05) is 65.6 Å². The highest BCUT2D eigenvalue weighted by Gasteiger charge is 2.26. The van der Waals surface area contributed by atoms with Gasteiger partial charge in [-0.2, -0.15) is 0 Å². The van der Waals surface area contributed by atoms with Crippen LogP contribution in [0.3, 0.4) is 0 Å². The Labute approximate surface area is 191 Å². The minimum absolute atomic E-state index is 0.181. The number of aromatic nitrogens is 1. The molecule has 2 heterocycles. The number of amides is 1. The van der Waals surface area contributed by atoms with Gasteiger partial charge in [0.2, 0.25) is 0 Å². The van der Waals surface area contributed by atoms with E-state index >= 15 is 0 Å². The second-order valence-corrected chi connectivity index (χ2v) is 8.29. The Balaban J connectivity index is 1.69. The molecular weight excluding hydrogens is 430 g/mol. The van der Waals surface area contributed by atoms with Gasteiger partial charge in [0, 0.05) is 32.2 Å². The molecule has 1 fully saturated rings. The molecule has 0 N–H and O–H groups in total. The average molecular weight is 458 g/mol. The Morgan fingerprint density at radius 3 is 2.66 bits per heavy atom. The highest BCUT2D eigenvalue weighted by Crippen LogP contribution is 2.35. The number of hydrogen-bond donors (Lipinski definition) is 0. The number of rotatable bonds is 8. The van der Waals surface area contributed by atoms with E-state index in [1.807, 2.05) is 18.2 Å². The lowest BCUT2D eigenvalue weighted by Gasteiger charge is -2.29. The molecule has 0 saturated carbocycles. The number of benzene rings is 2. The maximum absolute atomic E-state index is 13.8. The third kappa shape index (κ3) is 4.64. The van der Waals surface area contributed by atoms with Gasteiger partial charge in [0.1, 0.15) is 5.75 Å². The highest BCUT2D eigenvalue weighted by molar-refractivity contribution is 7.22. The molecule has 0 unspecified atom stereocenters. The number of anilines is 1. The minimum Gasteiger partial charge on any atom is -0.497 e. The Kier molecular flexibility index (Phi) is 7.09. The van der Waals surface area contributed by atoms with E-state index in [1.165, 1.54) is 18.4 Å². The summed E-state index contributed by atoms with van der Waals surface area (Å²) in [5.74, 6) is 1.48. The topological polar surface area (TPSA) is 73.4 Å². The zero-order valence-electron chi connectivity index (χ0n) is 18.5. The molecule has 170 valence electrons. The van der Waals surface area contributed by atoms with Crippen LogP contribution in [-0.2, 0) is 4.74 Å². The molecule has 0 spiro atoms. The third-order valence-corrected chi connectivity index (χ3v) is 6.50. The summed E-state index contributed by atoms with van der Waals surface area (Å²) in [5, 5.41) is 0.636. The smallest absolute Gasteiger partial charge is 0.264 e. The maximum Gasteiger partial charge on any atom is 0.264 e. The van der Waals surface area contributed by atoms with Crippen LogP contribution in [0.15, 0.2) is 36.4 Å². The SMILES string of the molecule is COc1ccc2sc(N(CCN3CCOCC3)C(=O)c3cccc(OC)c3OC)nc2c1. The first kappa shape index (κ1) is 22.3. The summed E-state index contributed by atoms with van der Waals surface area (Å²) in [4.78, 5) is 22.5. The molecular formula is C23H27N3O5S. The molecule has 0 atom stereocenters. The molecule has 1 aliphatic rings. The second-order valence-electron chi connectivity index (χ2n) is 7.28. The van der Waals surface area contributed by atoms with E-state index in [0.29, 0.717) is 42.0 Å². The Morgan fingerprint density at radius 2 is 1.94 bits per heavy atom. The predicted octanol–water partition coefficient (Wildman–Crippen LogP) is 3.30. The Bertz CT molecular complexity index is 1080. The number of nitrogens with zero attached hydrogens (tertiary/aromatic N) is 3. The number of methoxy groups -OCH3 is 3. The zero-order valence-corrected chi connectivity index (χ0v) is 19.3. The van der Waals surface area contributed by atoms with Crippen molar-refractivity contribution in [2.24, 2.45) is 0 Å². The zero-order chi connectivity index (χ0) is 22.5. The minimum atomic E-state index is -0.181. The maximum atomic E-state index is 13.8. The van der Waals surface area contributed by atoms with Gasteiger partial charge in [0.15, 0.2) is 16.6 Å². The standard InChI is InChI=1S/C23H27N3O5S/c1-28-16-7-8-20-18(15-16)24-23(32-20)26(10-9-25-11-13-31-14-12-25)22(27)17-5-4-6-19(29-2)21(17)30-3/h4-8,15H,9-14H2,1-3H3. The quantitative estimate of drug-likeness (QED) is 0.514. The van der Waals surface area contributed by atoms with Crippen LogP contribution < -0.4 is 19.1 Å². The van der Waals surface area contributed by atoms with Crippen LogP contribution in [0, 0.1) is 0 Å². The van der Waals surface area contributed by atoms with Crippen molar-refractivity contribution in [2.45, 2.75) is 0 Å². The van der Waals surface area contributed by atoms with Gasteiger partial charge in [-0.25, -0.2) is 4.98 Å². The summed E-state index contributed by atoms with van der Waals surface area (Å²) in [6.07, 6.45) is 0. The summed E-state index contributed by atoms with van der Waals surface area (Å²) in [7, 11) is 4.72. The van der Waals surface area contributed by atoms with E-state index in [4.69, 9.17) is 23.9 Å². The van der Waals surface area contributed by atoms with E-state index in [9.17, 15) is 4.79 Å². The summed E-state index contributed by atoms with van der Waals surface area (Å²) < 4.78 is 22.7. The Hall–Kier alpha value is -2.88. The van der Waals surface area contributed by atoms with Gasteiger partial charge in [-0.05, 0) is 24.3 Å². The summed E-state index contributed by atoms with van der Waals surface area (Å²) >= 11 is 1.48. The molecule has 1 saturated heterocycles. The Morgan fingerprint density at radius 1 is 1.12 bits per heavy atom. The number of fused-ring (bicyclic) bond motifs is 1. The molecule has 3 aromatic rings. The van der Waals surface area contributed by atoms with E-state index < -0.39 is 0 Å². The number of carbonyl (C=O) groups is 1. The van der Waals surface area contributed by atoms with Crippen LogP contribution in [0.1, 0.15) is 10.4 Å². The lowest BCUT2D eigenvalue weighted by molar-refractivity contribution is 0.0391. The molecule has 4 rings (SSSR count). The molecule has 0 radical (unpaired) electrons. The van der Waals surface area contributed by atoms with Crippen LogP contribution in [0.4, 0.5) is 5.13 Å².